The van der Waals surface area contributed by atoms with E-state index in [1.165, 1.54) is 10.9 Å². The van der Waals surface area contributed by atoms with Crippen molar-refractivity contribution in [1.29, 1.82) is 0 Å². The average molecular weight is 393 g/mol. The molecule has 1 aliphatic carbocycles. The van der Waals surface area contributed by atoms with Crippen LogP contribution >= 0.6 is 24.8 Å². The van der Waals surface area contributed by atoms with Gasteiger partial charge in [-0.1, -0.05) is 24.3 Å². The van der Waals surface area contributed by atoms with Crippen LogP contribution < -0.4 is 11.1 Å². The molecule has 1 heterocycles. The lowest BCUT2D eigenvalue weighted by Gasteiger charge is -2.22. The number of alkyl halides is 2. The SMILES string of the molecule is Cl.Cl.N[C@@H]1c2ccccc2C[C@H]1NC(=O)C(F)(F)CCn1cccn1. The summed E-state index contributed by atoms with van der Waals surface area (Å²) < 4.78 is 29.4. The van der Waals surface area contributed by atoms with Crippen molar-refractivity contribution in [2.24, 2.45) is 5.73 Å². The van der Waals surface area contributed by atoms with Crippen LogP contribution in [0.1, 0.15) is 23.6 Å². The summed E-state index contributed by atoms with van der Waals surface area (Å²) in [5, 5.41) is 6.26. The number of carbonyl (C=O) groups is 1. The quantitative estimate of drug-likeness (QED) is 0.820. The molecule has 3 rings (SSSR count). The Balaban J connectivity index is 0.00000156. The summed E-state index contributed by atoms with van der Waals surface area (Å²) in [4.78, 5) is 11.9. The number of aryl methyl sites for hydroxylation is 1. The largest absolute Gasteiger partial charge is 0.346 e. The van der Waals surface area contributed by atoms with E-state index in [9.17, 15) is 13.6 Å². The standard InChI is InChI=1S/C16H18F2N4O.2ClH/c17-16(18,6-9-22-8-3-7-20-22)15(23)21-13-10-11-4-1-2-5-12(11)14(13)19;;/h1-5,7-8,13-14H,6,9-10,19H2,(H,21,23);2*1H/t13-,14-;;/m1../s1. The van der Waals surface area contributed by atoms with E-state index < -0.39 is 30.3 Å². The summed E-state index contributed by atoms with van der Waals surface area (Å²) in [6.07, 6.45) is 2.96. The van der Waals surface area contributed by atoms with Crippen LogP contribution in [0.3, 0.4) is 0 Å². The number of amides is 1. The summed E-state index contributed by atoms with van der Waals surface area (Å²) >= 11 is 0. The number of hydrogen-bond donors (Lipinski definition) is 2. The van der Waals surface area contributed by atoms with Crippen molar-refractivity contribution in [2.45, 2.75) is 37.4 Å². The molecule has 0 fully saturated rings. The van der Waals surface area contributed by atoms with E-state index in [1.807, 2.05) is 24.3 Å². The van der Waals surface area contributed by atoms with Gasteiger partial charge in [-0.25, -0.2) is 0 Å². The molecule has 2 aromatic rings. The fraction of sp³-hybridized carbons (Fsp3) is 0.375. The summed E-state index contributed by atoms with van der Waals surface area (Å²) in [5.74, 6) is -4.74. The molecule has 1 aromatic carbocycles. The molecule has 0 unspecified atom stereocenters. The van der Waals surface area contributed by atoms with Crippen LogP contribution in [-0.4, -0.2) is 27.7 Å². The van der Waals surface area contributed by atoms with Crippen molar-refractivity contribution in [1.82, 2.24) is 15.1 Å². The predicted octanol–water partition coefficient (Wildman–Crippen LogP) is 2.49. The second-order valence-corrected chi connectivity index (χ2v) is 5.73. The van der Waals surface area contributed by atoms with Crippen molar-refractivity contribution in [3.63, 3.8) is 0 Å². The Morgan fingerprint density at radius 1 is 1.32 bits per heavy atom. The van der Waals surface area contributed by atoms with Crippen molar-refractivity contribution in [3.8, 4) is 0 Å². The van der Waals surface area contributed by atoms with Crippen LogP contribution in [0.2, 0.25) is 0 Å². The zero-order chi connectivity index (χ0) is 16.4. The predicted molar refractivity (Wildman–Crippen MR) is 95.3 cm³/mol. The van der Waals surface area contributed by atoms with Crippen molar-refractivity contribution in [2.75, 3.05) is 0 Å². The molecule has 0 saturated heterocycles. The Labute approximate surface area is 156 Å². The summed E-state index contributed by atoms with van der Waals surface area (Å²) in [6, 6.07) is 8.16. The highest BCUT2D eigenvalue weighted by Crippen LogP contribution is 2.30. The molecule has 0 aliphatic heterocycles. The number of fused-ring (bicyclic) bond motifs is 1. The second-order valence-electron chi connectivity index (χ2n) is 5.73. The van der Waals surface area contributed by atoms with E-state index in [0.717, 1.165) is 11.1 Å². The lowest BCUT2D eigenvalue weighted by molar-refractivity contribution is -0.147. The summed E-state index contributed by atoms with van der Waals surface area (Å²) in [6.45, 7) is -0.0234. The zero-order valence-corrected chi connectivity index (χ0v) is 14.9. The zero-order valence-electron chi connectivity index (χ0n) is 13.3. The third-order valence-corrected chi connectivity index (χ3v) is 4.15. The molecule has 0 radical (unpaired) electrons. The summed E-state index contributed by atoms with van der Waals surface area (Å²) in [5.41, 5.74) is 7.95. The van der Waals surface area contributed by atoms with Gasteiger partial charge in [-0.05, 0) is 23.6 Å². The van der Waals surface area contributed by atoms with Crippen molar-refractivity contribution in [3.05, 3.63) is 53.9 Å². The van der Waals surface area contributed by atoms with E-state index in [0.29, 0.717) is 6.42 Å². The van der Waals surface area contributed by atoms with Crippen LogP contribution in [0.25, 0.3) is 0 Å². The minimum Gasteiger partial charge on any atom is -0.346 e. The number of benzene rings is 1. The van der Waals surface area contributed by atoms with Gasteiger partial charge in [-0.2, -0.15) is 13.9 Å². The van der Waals surface area contributed by atoms with E-state index in [1.54, 1.807) is 12.3 Å². The van der Waals surface area contributed by atoms with Gasteiger partial charge in [0.25, 0.3) is 5.91 Å². The lowest BCUT2D eigenvalue weighted by Crippen LogP contribution is -2.48. The lowest BCUT2D eigenvalue weighted by atomic mass is 10.1. The normalized spacial score (nSPS) is 18.7. The molecule has 25 heavy (non-hydrogen) atoms. The van der Waals surface area contributed by atoms with Gasteiger partial charge >= 0.3 is 5.92 Å². The Bertz CT molecular complexity index is 697. The van der Waals surface area contributed by atoms with E-state index in [2.05, 4.69) is 10.4 Å². The number of halogens is 4. The van der Waals surface area contributed by atoms with E-state index >= 15 is 0 Å². The fourth-order valence-corrected chi connectivity index (χ4v) is 2.84. The maximum absolute atomic E-state index is 14.0. The molecule has 2 atom stereocenters. The number of nitrogens with two attached hydrogens (primary N) is 1. The highest BCUT2D eigenvalue weighted by Gasteiger charge is 2.41. The average Bonchev–Trinajstić information content (AvgIpc) is 3.15. The molecule has 5 nitrogen and oxygen atoms in total. The van der Waals surface area contributed by atoms with Gasteiger partial charge < -0.3 is 11.1 Å². The number of aromatic nitrogens is 2. The highest BCUT2D eigenvalue weighted by atomic mass is 35.5. The molecule has 1 amide bonds. The van der Waals surface area contributed by atoms with Crippen LogP contribution in [-0.2, 0) is 17.8 Å². The van der Waals surface area contributed by atoms with Gasteiger partial charge in [0.05, 0.1) is 12.1 Å². The first-order chi connectivity index (χ1) is 11.0. The number of nitrogens with zero attached hydrogens (tertiary/aromatic N) is 2. The molecule has 138 valence electrons. The van der Waals surface area contributed by atoms with Crippen LogP contribution in [0.4, 0.5) is 8.78 Å². The van der Waals surface area contributed by atoms with Crippen LogP contribution in [0.15, 0.2) is 42.7 Å². The van der Waals surface area contributed by atoms with Crippen LogP contribution in [0, 0.1) is 0 Å². The first-order valence-corrected chi connectivity index (χ1v) is 7.47. The van der Waals surface area contributed by atoms with Gasteiger partial charge in [0.1, 0.15) is 0 Å². The third-order valence-electron chi connectivity index (χ3n) is 4.15. The molecule has 1 aromatic heterocycles. The Hall–Kier alpha value is -1.70. The first kappa shape index (κ1) is 21.3. The maximum Gasteiger partial charge on any atom is 0.326 e. The van der Waals surface area contributed by atoms with Crippen LogP contribution in [0.5, 0.6) is 0 Å². The molecule has 9 heteroatoms. The van der Waals surface area contributed by atoms with Crippen molar-refractivity contribution < 1.29 is 13.6 Å². The van der Waals surface area contributed by atoms with Gasteiger partial charge in [-0.3, -0.25) is 9.48 Å². The Kier molecular flexibility index (Phi) is 7.34. The first-order valence-electron chi connectivity index (χ1n) is 7.47. The molecule has 0 spiro atoms. The summed E-state index contributed by atoms with van der Waals surface area (Å²) in [7, 11) is 0. The molecule has 0 saturated carbocycles. The number of hydrogen-bond acceptors (Lipinski definition) is 3. The second kappa shape index (κ2) is 8.60. The molecule has 3 N–H and O–H groups in total. The van der Waals surface area contributed by atoms with Gasteiger partial charge in [0.15, 0.2) is 0 Å². The highest BCUT2D eigenvalue weighted by molar-refractivity contribution is 5.85. The minimum absolute atomic E-state index is 0. The number of carbonyl (C=O) groups excluding carboxylic acids is 1. The topological polar surface area (TPSA) is 72.9 Å². The molecular weight excluding hydrogens is 373 g/mol. The Morgan fingerprint density at radius 2 is 2.04 bits per heavy atom. The smallest absolute Gasteiger partial charge is 0.326 e. The maximum atomic E-state index is 14.0. The van der Waals surface area contributed by atoms with E-state index in [-0.39, 0.29) is 31.4 Å². The molecule has 1 aliphatic rings. The van der Waals surface area contributed by atoms with Gasteiger partial charge in [0, 0.05) is 25.4 Å². The molecular formula is C16H20Cl2F2N4O. The van der Waals surface area contributed by atoms with Crippen molar-refractivity contribution >= 4 is 30.7 Å². The molecule has 0 bridgehead atoms. The Morgan fingerprint density at radius 3 is 2.68 bits per heavy atom. The van der Waals surface area contributed by atoms with Gasteiger partial charge in [0.2, 0.25) is 0 Å². The van der Waals surface area contributed by atoms with E-state index in [4.69, 9.17) is 5.73 Å². The fourth-order valence-electron chi connectivity index (χ4n) is 2.84. The monoisotopic (exact) mass is 392 g/mol. The number of nitrogens with one attached hydrogen (secondary N) is 1. The van der Waals surface area contributed by atoms with Gasteiger partial charge in [-0.15, -0.1) is 24.8 Å². The third kappa shape index (κ3) is 4.68. The number of rotatable bonds is 5. The minimum atomic E-state index is -3.46.